The maximum Gasteiger partial charge on any atom is 0.186 e. The monoisotopic (exact) mass is 234 g/mol. The Morgan fingerprint density at radius 1 is 1.47 bits per heavy atom. The second-order valence-corrected chi connectivity index (χ2v) is 4.99. The van der Waals surface area contributed by atoms with E-state index in [1.54, 1.807) is 0 Å². The van der Waals surface area contributed by atoms with Crippen molar-refractivity contribution >= 4 is 16.9 Å². The number of hydrogen-bond acceptors (Lipinski definition) is 6. The summed E-state index contributed by atoms with van der Waals surface area (Å²) in [7, 11) is 0. The van der Waals surface area contributed by atoms with Crippen molar-refractivity contribution in [2.24, 2.45) is 0 Å². The van der Waals surface area contributed by atoms with Crippen LogP contribution in [0.25, 0.3) is 0 Å². The van der Waals surface area contributed by atoms with Crippen LogP contribution in [0.1, 0.15) is 6.92 Å². The molecule has 0 aromatic rings. The highest BCUT2D eigenvalue weighted by atomic mass is 32.2. The molecule has 2 saturated heterocycles. The summed E-state index contributed by atoms with van der Waals surface area (Å²) in [5.41, 5.74) is 0. The van der Waals surface area contributed by atoms with Crippen molar-refractivity contribution in [3.05, 3.63) is 0 Å². The molecule has 1 N–H and O–H groups in total. The third-order valence-corrected chi connectivity index (χ3v) is 3.61. The molecule has 5 nitrogen and oxygen atoms in total. The normalized spacial score (nSPS) is 39.3. The summed E-state index contributed by atoms with van der Waals surface area (Å²) in [6.45, 7) is 2.13. The van der Waals surface area contributed by atoms with E-state index in [0.717, 1.165) is 0 Å². The van der Waals surface area contributed by atoms with Crippen molar-refractivity contribution in [1.82, 2.24) is 0 Å². The average Bonchev–Trinajstić information content (AvgIpc) is 2.71. The lowest BCUT2D eigenvalue weighted by atomic mass is 10.1. The molecule has 0 aromatic heterocycles. The number of fused-ring (bicyclic) bond motifs is 1. The fourth-order valence-electron chi connectivity index (χ4n) is 1.98. The van der Waals surface area contributed by atoms with E-state index in [9.17, 15) is 4.79 Å². The van der Waals surface area contributed by atoms with Crippen LogP contribution in [0.2, 0.25) is 0 Å². The quantitative estimate of drug-likeness (QED) is 0.680. The molecular weight excluding hydrogens is 220 g/mol. The summed E-state index contributed by atoms with van der Waals surface area (Å²) in [5, 5.41) is 8.79. The molecule has 0 bridgehead atoms. The van der Waals surface area contributed by atoms with Gasteiger partial charge in [-0.05, 0) is 0 Å². The molecule has 0 spiro atoms. The molecule has 4 atom stereocenters. The van der Waals surface area contributed by atoms with Gasteiger partial charge in [0.25, 0.3) is 0 Å². The van der Waals surface area contributed by atoms with E-state index in [0.29, 0.717) is 13.2 Å². The maximum absolute atomic E-state index is 11.0. The molecule has 15 heavy (non-hydrogen) atoms. The second-order valence-electron chi connectivity index (χ2n) is 3.58. The van der Waals surface area contributed by atoms with E-state index in [1.165, 1.54) is 18.7 Å². The van der Waals surface area contributed by atoms with Gasteiger partial charge in [-0.2, -0.15) is 0 Å². The molecule has 2 aliphatic heterocycles. The molecule has 2 fully saturated rings. The van der Waals surface area contributed by atoms with E-state index in [2.05, 4.69) is 0 Å². The number of thioether (sulfide) groups is 1. The van der Waals surface area contributed by atoms with Crippen LogP contribution in [0.3, 0.4) is 0 Å². The van der Waals surface area contributed by atoms with Crippen LogP contribution in [0.4, 0.5) is 0 Å². The molecule has 4 unspecified atom stereocenters. The van der Waals surface area contributed by atoms with Gasteiger partial charge in [0.1, 0.15) is 25.1 Å². The Morgan fingerprint density at radius 3 is 2.87 bits per heavy atom. The third kappa shape index (κ3) is 2.34. The van der Waals surface area contributed by atoms with E-state index >= 15 is 0 Å². The molecule has 0 radical (unpaired) electrons. The molecule has 0 saturated carbocycles. The predicted octanol–water partition coefficient (Wildman–Crippen LogP) is -0.233. The first-order chi connectivity index (χ1) is 7.22. The van der Waals surface area contributed by atoms with Gasteiger partial charge in [0.15, 0.2) is 5.12 Å². The number of rotatable bonds is 3. The summed E-state index contributed by atoms with van der Waals surface area (Å²) in [4.78, 5) is 11.0. The number of ether oxygens (including phenoxy) is 3. The van der Waals surface area contributed by atoms with Crippen LogP contribution < -0.4 is 0 Å². The van der Waals surface area contributed by atoms with Crippen molar-refractivity contribution in [3.63, 3.8) is 0 Å². The number of carbonyl (C=O) groups excluding carboxylic acids is 1. The van der Waals surface area contributed by atoms with Crippen LogP contribution in [0.5, 0.6) is 0 Å². The van der Waals surface area contributed by atoms with Crippen LogP contribution >= 0.6 is 11.8 Å². The zero-order valence-corrected chi connectivity index (χ0v) is 9.24. The van der Waals surface area contributed by atoms with E-state index in [1.807, 2.05) is 0 Å². The molecular formula is C9H14O5S. The first-order valence-corrected chi connectivity index (χ1v) is 5.73. The highest BCUT2D eigenvalue weighted by molar-refractivity contribution is 8.14. The number of aliphatic hydroxyl groups excluding tert-OH is 1. The molecule has 0 amide bonds. The number of aliphatic hydroxyl groups is 1. The number of hydrogen-bond donors (Lipinski definition) is 1. The summed E-state index contributed by atoms with van der Waals surface area (Å²) >= 11 is 1.25. The van der Waals surface area contributed by atoms with Crippen molar-refractivity contribution in [2.75, 3.05) is 20.0 Å². The van der Waals surface area contributed by atoms with Crippen molar-refractivity contribution in [2.45, 2.75) is 30.5 Å². The molecule has 2 aliphatic rings. The van der Waals surface area contributed by atoms with Gasteiger partial charge < -0.3 is 19.3 Å². The Labute approximate surface area is 92.1 Å². The molecule has 6 heteroatoms. The maximum atomic E-state index is 11.0. The first kappa shape index (κ1) is 11.3. The van der Waals surface area contributed by atoms with Gasteiger partial charge >= 0.3 is 0 Å². The summed E-state index contributed by atoms with van der Waals surface area (Å²) in [6.07, 6.45) is -0.443. The van der Waals surface area contributed by atoms with E-state index in [4.69, 9.17) is 19.3 Å². The SMILES string of the molecule is CC(=O)SC1COC2C(OCO)COC12. The minimum absolute atomic E-state index is 0.0554. The van der Waals surface area contributed by atoms with Crippen LogP contribution in [0, 0.1) is 0 Å². The average molecular weight is 234 g/mol. The minimum atomic E-state index is -0.328. The molecule has 0 aliphatic carbocycles. The molecule has 0 aromatic carbocycles. The zero-order valence-electron chi connectivity index (χ0n) is 8.42. The topological polar surface area (TPSA) is 65.0 Å². The molecule has 2 rings (SSSR count). The van der Waals surface area contributed by atoms with E-state index < -0.39 is 0 Å². The second kappa shape index (κ2) is 4.80. The van der Waals surface area contributed by atoms with E-state index in [-0.39, 0.29) is 35.5 Å². The van der Waals surface area contributed by atoms with Gasteiger partial charge in [-0.1, -0.05) is 11.8 Å². The Hall–Kier alpha value is -0.140. The minimum Gasteiger partial charge on any atom is -0.371 e. The van der Waals surface area contributed by atoms with Gasteiger partial charge in [-0.3, -0.25) is 4.79 Å². The molecule has 2 heterocycles. The van der Waals surface area contributed by atoms with Gasteiger partial charge in [0, 0.05) is 6.92 Å². The lowest BCUT2D eigenvalue weighted by Gasteiger charge is -2.15. The standard InChI is InChI=1S/C9H14O5S/c1-5(11)15-7-3-13-8-6(14-4-10)2-12-9(7)8/h6-10H,2-4H2,1H3. The Morgan fingerprint density at radius 2 is 2.20 bits per heavy atom. The summed E-state index contributed by atoms with van der Waals surface area (Å²) < 4.78 is 16.1. The highest BCUT2D eigenvalue weighted by Gasteiger charge is 2.48. The largest absolute Gasteiger partial charge is 0.371 e. The van der Waals surface area contributed by atoms with Crippen LogP contribution in [0.15, 0.2) is 0 Å². The van der Waals surface area contributed by atoms with Gasteiger partial charge in [0.2, 0.25) is 0 Å². The first-order valence-electron chi connectivity index (χ1n) is 4.85. The fourth-order valence-corrected chi connectivity index (χ4v) is 2.92. The fraction of sp³-hybridized carbons (Fsp3) is 0.889. The van der Waals surface area contributed by atoms with Gasteiger partial charge in [-0.25, -0.2) is 0 Å². The predicted molar refractivity (Wildman–Crippen MR) is 53.5 cm³/mol. The highest BCUT2D eigenvalue weighted by Crippen LogP contribution is 2.35. The smallest absolute Gasteiger partial charge is 0.186 e. The molecule has 86 valence electrons. The number of carbonyl (C=O) groups is 1. The Balaban J connectivity index is 1.93. The summed E-state index contributed by atoms with van der Waals surface area (Å²) in [5.74, 6) is 0. The lowest BCUT2D eigenvalue weighted by molar-refractivity contribution is -0.109. The van der Waals surface area contributed by atoms with Gasteiger partial charge in [-0.15, -0.1) is 0 Å². The Kier molecular flexibility index (Phi) is 3.63. The third-order valence-electron chi connectivity index (χ3n) is 2.57. The van der Waals surface area contributed by atoms with Crippen LogP contribution in [-0.4, -0.2) is 53.8 Å². The van der Waals surface area contributed by atoms with Crippen molar-refractivity contribution in [3.8, 4) is 0 Å². The van der Waals surface area contributed by atoms with Crippen molar-refractivity contribution < 1.29 is 24.1 Å². The Bertz CT molecular complexity index is 247. The van der Waals surface area contributed by atoms with Crippen LogP contribution in [-0.2, 0) is 19.0 Å². The lowest BCUT2D eigenvalue weighted by Crippen LogP contribution is -2.32. The zero-order chi connectivity index (χ0) is 10.8. The van der Waals surface area contributed by atoms with Crippen molar-refractivity contribution in [1.29, 1.82) is 0 Å². The summed E-state index contributed by atoms with van der Waals surface area (Å²) in [6, 6.07) is 0. The van der Waals surface area contributed by atoms with Gasteiger partial charge in [0.05, 0.1) is 18.5 Å².